The van der Waals surface area contributed by atoms with Crippen molar-refractivity contribution in [3.63, 3.8) is 0 Å². The lowest BCUT2D eigenvalue weighted by molar-refractivity contribution is -0.139. The van der Waals surface area contributed by atoms with Crippen molar-refractivity contribution in [2.75, 3.05) is 33.0 Å². The van der Waals surface area contributed by atoms with Gasteiger partial charge in [-0.2, -0.15) is 0 Å². The van der Waals surface area contributed by atoms with Crippen LogP contribution in [-0.2, 0) is 11.3 Å². The fourth-order valence-electron chi connectivity index (χ4n) is 3.85. The highest BCUT2D eigenvalue weighted by atomic mass is 16.7. The van der Waals surface area contributed by atoms with Crippen LogP contribution in [0.3, 0.4) is 0 Å². The normalized spacial score (nSPS) is 17.3. The monoisotopic (exact) mass is 396 g/mol. The zero-order valence-corrected chi connectivity index (χ0v) is 17.3. The van der Waals surface area contributed by atoms with Crippen LogP contribution in [0.15, 0.2) is 36.4 Å². The van der Waals surface area contributed by atoms with E-state index in [1.54, 1.807) is 0 Å². The number of aryl methyl sites for hydroxylation is 2. The maximum atomic E-state index is 12.8. The van der Waals surface area contributed by atoms with Crippen molar-refractivity contribution in [2.24, 2.45) is 0 Å². The van der Waals surface area contributed by atoms with Gasteiger partial charge in [-0.3, -0.25) is 9.69 Å². The topological polar surface area (TPSA) is 51.2 Å². The molecule has 0 spiro atoms. The molecule has 0 aromatic heterocycles. The number of fused-ring (bicyclic) bond motifs is 1. The van der Waals surface area contributed by atoms with Gasteiger partial charge in [0, 0.05) is 32.7 Å². The number of benzene rings is 2. The van der Waals surface area contributed by atoms with E-state index in [1.807, 2.05) is 43.0 Å². The Morgan fingerprint density at radius 1 is 1.03 bits per heavy atom. The molecule has 0 radical (unpaired) electrons. The molecule has 0 bridgehead atoms. The van der Waals surface area contributed by atoms with Crippen LogP contribution in [0.2, 0.25) is 0 Å². The quantitative estimate of drug-likeness (QED) is 0.777. The van der Waals surface area contributed by atoms with E-state index in [-0.39, 0.29) is 5.91 Å². The number of piperazine rings is 1. The van der Waals surface area contributed by atoms with Crippen LogP contribution in [0.25, 0.3) is 0 Å². The van der Waals surface area contributed by atoms with Crippen molar-refractivity contribution in [3.8, 4) is 17.2 Å². The fourth-order valence-corrected chi connectivity index (χ4v) is 3.85. The average molecular weight is 396 g/mol. The van der Waals surface area contributed by atoms with Gasteiger partial charge in [-0.25, -0.2) is 0 Å². The summed E-state index contributed by atoms with van der Waals surface area (Å²) in [6.45, 7) is 10.1. The lowest BCUT2D eigenvalue weighted by Crippen LogP contribution is -2.51. The summed E-state index contributed by atoms with van der Waals surface area (Å²) in [6, 6.07) is 12.1. The largest absolute Gasteiger partial charge is 0.481 e. The van der Waals surface area contributed by atoms with Gasteiger partial charge in [0.15, 0.2) is 17.6 Å². The molecule has 1 amide bonds. The number of hydrogen-bond acceptors (Lipinski definition) is 5. The Kier molecular flexibility index (Phi) is 5.62. The summed E-state index contributed by atoms with van der Waals surface area (Å²) in [7, 11) is 0. The van der Waals surface area contributed by atoms with Gasteiger partial charge in [-0.1, -0.05) is 23.8 Å². The zero-order valence-electron chi connectivity index (χ0n) is 17.3. The Labute approximate surface area is 172 Å². The maximum Gasteiger partial charge on any atom is 0.263 e. The van der Waals surface area contributed by atoms with Crippen LogP contribution in [0.4, 0.5) is 0 Å². The highest BCUT2D eigenvalue weighted by Crippen LogP contribution is 2.32. The summed E-state index contributed by atoms with van der Waals surface area (Å²) in [5.74, 6) is 2.45. The molecule has 0 aliphatic carbocycles. The van der Waals surface area contributed by atoms with Gasteiger partial charge in [0.2, 0.25) is 6.79 Å². The van der Waals surface area contributed by atoms with E-state index in [4.69, 9.17) is 14.2 Å². The van der Waals surface area contributed by atoms with Crippen LogP contribution in [0, 0.1) is 13.8 Å². The summed E-state index contributed by atoms with van der Waals surface area (Å²) in [6.07, 6.45) is -0.489. The second-order valence-electron chi connectivity index (χ2n) is 7.82. The van der Waals surface area contributed by atoms with Gasteiger partial charge in [-0.15, -0.1) is 0 Å². The van der Waals surface area contributed by atoms with Crippen molar-refractivity contribution in [1.82, 2.24) is 9.80 Å². The molecule has 2 heterocycles. The van der Waals surface area contributed by atoms with Gasteiger partial charge < -0.3 is 19.1 Å². The third-order valence-electron chi connectivity index (χ3n) is 5.51. The molecule has 154 valence electrons. The zero-order chi connectivity index (χ0) is 20.4. The number of carbonyl (C=O) groups is 1. The molecule has 1 fully saturated rings. The number of amides is 1. The fraction of sp³-hybridized carbons (Fsp3) is 0.435. The molecule has 2 aromatic carbocycles. The van der Waals surface area contributed by atoms with Crippen LogP contribution in [0.1, 0.15) is 23.6 Å². The Balaban J connectivity index is 1.29. The lowest BCUT2D eigenvalue weighted by atomic mass is 10.1. The Morgan fingerprint density at radius 2 is 1.79 bits per heavy atom. The van der Waals surface area contributed by atoms with E-state index < -0.39 is 6.10 Å². The van der Waals surface area contributed by atoms with E-state index in [0.717, 1.165) is 42.4 Å². The maximum absolute atomic E-state index is 12.8. The van der Waals surface area contributed by atoms with Gasteiger partial charge in [0.1, 0.15) is 5.75 Å². The number of nitrogens with zero attached hydrogens (tertiary/aromatic N) is 2. The van der Waals surface area contributed by atoms with E-state index in [9.17, 15) is 4.79 Å². The second-order valence-corrected chi connectivity index (χ2v) is 7.82. The van der Waals surface area contributed by atoms with E-state index in [2.05, 4.69) is 24.0 Å². The van der Waals surface area contributed by atoms with Crippen LogP contribution < -0.4 is 14.2 Å². The smallest absolute Gasteiger partial charge is 0.263 e. The third-order valence-corrected chi connectivity index (χ3v) is 5.51. The molecule has 0 N–H and O–H groups in total. The molecule has 29 heavy (non-hydrogen) atoms. The van der Waals surface area contributed by atoms with Gasteiger partial charge in [0.25, 0.3) is 5.91 Å². The molecular formula is C23H28N2O4. The summed E-state index contributed by atoms with van der Waals surface area (Å²) in [4.78, 5) is 17.1. The lowest BCUT2D eigenvalue weighted by Gasteiger charge is -2.36. The summed E-state index contributed by atoms with van der Waals surface area (Å²) >= 11 is 0. The SMILES string of the molecule is Cc1ccc(O[C@H](C)C(=O)N2CCN(Cc3ccc4c(c3)OCO4)CC2)c(C)c1. The Hall–Kier alpha value is -2.73. The molecule has 1 atom stereocenters. The third kappa shape index (κ3) is 4.48. The molecule has 2 aliphatic heterocycles. The second kappa shape index (κ2) is 8.33. The van der Waals surface area contributed by atoms with Crippen molar-refractivity contribution in [2.45, 2.75) is 33.4 Å². The summed E-state index contributed by atoms with van der Waals surface area (Å²) < 4.78 is 16.8. The van der Waals surface area contributed by atoms with Gasteiger partial charge in [0.05, 0.1) is 0 Å². The number of rotatable bonds is 5. The Morgan fingerprint density at radius 3 is 2.55 bits per heavy atom. The molecule has 1 saturated heterocycles. The molecule has 2 aromatic rings. The van der Waals surface area contributed by atoms with Gasteiger partial charge in [-0.05, 0) is 50.1 Å². The molecule has 6 nitrogen and oxygen atoms in total. The first-order valence-corrected chi connectivity index (χ1v) is 10.1. The number of carbonyl (C=O) groups excluding carboxylic acids is 1. The van der Waals surface area contributed by atoms with E-state index in [0.29, 0.717) is 19.9 Å². The van der Waals surface area contributed by atoms with Crippen molar-refractivity contribution < 1.29 is 19.0 Å². The van der Waals surface area contributed by atoms with Crippen LogP contribution in [-0.4, -0.2) is 54.8 Å². The van der Waals surface area contributed by atoms with Crippen LogP contribution in [0.5, 0.6) is 17.2 Å². The first kappa shape index (κ1) is 19.6. The standard InChI is InChI=1S/C23H28N2O4/c1-16-4-6-20(17(2)12-16)29-18(3)23(26)25-10-8-24(9-11-25)14-19-5-7-21-22(13-19)28-15-27-21/h4-7,12-13,18H,8-11,14-15H2,1-3H3/t18-/m1/s1. The highest BCUT2D eigenvalue weighted by molar-refractivity contribution is 5.81. The first-order valence-electron chi connectivity index (χ1n) is 10.1. The molecule has 0 saturated carbocycles. The molecule has 0 unspecified atom stereocenters. The minimum atomic E-state index is -0.489. The highest BCUT2D eigenvalue weighted by Gasteiger charge is 2.26. The predicted molar refractivity (Wildman–Crippen MR) is 110 cm³/mol. The predicted octanol–water partition coefficient (Wildman–Crippen LogP) is 3.14. The average Bonchev–Trinajstić information content (AvgIpc) is 3.18. The first-order chi connectivity index (χ1) is 14.0. The molecule has 2 aliphatic rings. The number of hydrogen-bond donors (Lipinski definition) is 0. The molecule has 4 rings (SSSR count). The van der Waals surface area contributed by atoms with Crippen molar-refractivity contribution in [3.05, 3.63) is 53.1 Å². The summed E-state index contributed by atoms with van der Waals surface area (Å²) in [5.41, 5.74) is 3.44. The van der Waals surface area contributed by atoms with Gasteiger partial charge >= 0.3 is 0 Å². The molecule has 6 heteroatoms. The number of ether oxygens (including phenoxy) is 3. The minimum Gasteiger partial charge on any atom is -0.481 e. The van der Waals surface area contributed by atoms with Crippen LogP contribution >= 0.6 is 0 Å². The minimum absolute atomic E-state index is 0.0488. The van der Waals surface area contributed by atoms with E-state index in [1.165, 1.54) is 11.1 Å². The van der Waals surface area contributed by atoms with Crippen molar-refractivity contribution >= 4 is 5.91 Å². The van der Waals surface area contributed by atoms with Crippen molar-refractivity contribution in [1.29, 1.82) is 0 Å². The molecular weight excluding hydrogens is 368 g/mol. The summed E-state index contributed by atoms with van der Waals surface area (Å²) in [5, 5.41) is 0. The van der Waals surface area contributed by atoms with E-state index >= 15 is 0 Å². The Bertz CT molecular complexity index is 890.